The summed E-state index contributed by atoms with van der Waals surface area (Å²) in [6.07, 6.45) is 5.87. The number of para-hydroxylation sites is 2. The van der Waals surface area contributed by atoms with E-state index in [1.165, 1.54) is 16.5 Å². The molecule has 1 spiro atoms. The highest BCUT2D eigenvalue weighted by Crippen LogP contribution is 2.40. The van der Waals surface area contributed by atoms with Crippen LogP contribution >= 0.6 is 0 Å². The molecule has 0 aliphatic carbocycles. The van der Waals surface area contributed by atoms with Gasteiger partial charge in [0.15, 0.2) is 0 Å². The molecule has 2 aliphatic heterocycles. The number of aryl methyl sites for hydroxylation is 1. The van der Waals surface area contributed by atoms with Gasteiger partial charge in [-0.25, -0.2) is 4.79 Å². The molecule has 3 heterocycles. The average Bonchev–Trinajstić information content (AvgIpc) is 3.54. The van der Waals surface area contributed by atoms with Crippen LogP contribution in [0.15, 0.2) is 85.1 Å². The highest BCUT2D eigenvalue weighted by Gasteiger charge is 2.53. The van der Waals surface area contributed by atoms with E-state index in [-0.39, 0.29) is 11.9 Å². The number of aromatic amines is 1. The number of benzene rings is 3. The van der Waals surface area contributed by atoms with E-state index in [9.17, 15) is 9.59 Å². The van der Waals surface area contributed by atoms with Gasteiger partial charge in [0.2, 0.25) is 5.91 Å². The predicted molar refractivity (Wildman–Crippen MR) is 162 cm³/mol. The molecule has 0 atom stereocenters. The number of esters is 1. The summed E-state index contributed by atoms with van der Waals surface area (Å²) in [7, 11) is 0. The number of piperidine rings is 1. The van der Waals surface area contributed by atoms with Gasteiger partial charge in [0.1, 0.15) is 5.54 Å². The largest absolute Gasteiger partial charge is 0.462 e. The summed E-state index contributed by atoms with van der Waals surface area (Å²) in [5.74, 6) is -0.150. The molecular formula is C34H38N4O3. The quantitative estimate of drug-likeness (QED) is 0.274. The number of carbonyl (C=O) groups is 2. The first kappa shape index (κ1) is 27.1. The smallest absolute Gasteiger partial charge is 0.338 e. The Bertz CT molecular complexity index is 1510. The van der Waals surface area contributed by atoms with Crippen molar-refractivity contribution in [1.82, 2.24) is 14.8 Å². The number of H-pyrrole nitrogens is 1. The predicted octanol–water partition coefficient (Wildman–Crippen LogP) is 5.62. The minimum Gasteiger partial charge on any atom is -0.462 e. The minimum absolute atomic E-state index is 0.182. The molecule has 1 N–H and O–H groups in total. The number of nitrogens with one attached hydrogen (secondary N) is 1. The molecule has 0 radical (unpaired) electrons. The molecule has 1 amide bonds. The standard InChI is InChI=1S/C34H38N4O3/c1-2-41-32(39)27-11-8-10-26(22-27)24-37-25-38(29-13-4-3-5-14-29)34(33(37)40)17-20-36(21-18-34)19-9-12-28-23-35-31-16-7-6-15-30(28)31/h3-8,10-11,13-16,22-23,35H,2,9,12,17-21,24-25H2,1H3. The number of aromatic nitrogens is 1. The fraction of sp³-hybridized carbons (Fsp3) is 0.353. The number of anilines is 1. The maximum absolute atomic E-state index is 14.2. The zero-order valence-corrected chi connectivity index (χ0v) is 23.7. The van der Waals surface area contributed by atoms with E-state index in [0.717, 1.165) is 56.6 Å². The van der Waals surface area contributed by atoms with Crippen LogP contribution in [-0.4, -0.2) is 65.1 Å². The lowest BCUT2D eigenvalue weighted by molar-refractivity contribution is -0.134. The number of hydrogen-bond donors (Lipinski definition) is 1. The number of amides is 1. The van der Waals surface area contributed by atoms with Gasteiger partial charge in [-0.05, 0) is 80.6 Å². The summed E-state index contributed by atoms with van der Waals surface area (Å²) < 4.78 is 5.18. The topological polar surface area (TPSA) is 68.9 Å². The summed E-state index contributed by atoms with van der Waals surface area (Å²) in [6, 6.07) is 26.2. The third-order valence-electron chi connectivity index (χ3n) is 8.67. The first-order chi connectivity index (χ1) is 20.1. The Morgan fingerprint density at radius 3 is 2.56 bits per heavy atom. The van der Waals surface area contributed by atoms with Gasteiger partial charge >= 0.3 is 5.97 Å². The third kappa shape index (κ3) is 5.46. The zero-order chi connectivity index (χ0) is 28.2. The van der Waals surface area contributed by atoms with E-state index >= 15 is 0 Å². The van der Waals surface area contributed by atoms with Crippen molar-refractivity contribution in [3.63, 3.8) is 0 Å². The summed E-state index contributed by atoms with van der Waals surface area (Å²) in [5.41, 5.74) is 4.55. The van der Waals surface area contributed by atoms with Gasteiger partial charge in [-0.3, -0.25) is 4.79 Å². The molecule has 3 aromatic carbocycles. The minimum atomic E-state index is -0.548. The number of ether oxygens (including phenoxy) is 1. The third-order valence-corrected chi connectivity index (χ3v) is 8.67. The lowest BCUT2D eigenvalue weighted by Crippen LogP contribution is -2.56. The molecule has 7 heteroatoms. The van der Waals surface area contributed by atoms with E-state index in [1.807, 2.05) is 41.3 Å². The molecule has 2 saturated heterocycles. The number of carbonyl (C=O) groups excluding carboxylic acids is 2. The number of fused-ring (bicyclic) bond motifs is 1. The molecular weight excluding hydrogens is 512 g/mol. The summed E-state index contributed by atoms with van der Waals surface area (Å²) in [4.78, 5) is 36.6. The first-order valence-corrected chi connectivity index (χ1v) is 14.7. The Morgan fingerprint density at radius 1 is 0.976 bits per heavy atom. The number of likely N-dealkylation sites (tertiary alicyclic amines) is 1. The van der Waals surface area contributed by atoms with Crippen LogP contribution in [0, 0.1) is 0 Å². The molecule has 1 aromatic heterocycles. The molecule has 0 saturated carbocycles. The maximum Gasteiger partial charge on any atom is 0.338 e. The lowest BCUT2D eigenvalue weighted by Gasteiger charge is -2.43. The summed E-state index contributed by atoms with van der Waals surface area (Å²) in [5, 5.41) is 1.31. The van der Waals surface area contributed by atoms with Gasteiger partial charge < -0.3 is 24.4 Å². The summed E-state index contributed by atoms with van der Waals surface area (Å²) >= 11 is 0. The molecule has 0 bridgehead atoms. The molecule has 2 aliphatic rings. The van der Waals surface area contributed by atoms with Crippen LogP contribution in [0.5, 0.6) is 0 Å². The van der Waals surface area contributed by atoms with Crippen LogP contribution < -0.4 is 4.90 Å². The second-order valence-corrected chi connectivity index (χ2v) is 11.2. The zero-order valence-electron chi connectivity index (χ0n) is 23.7. The number of rotatable bonds is 9. The van der Waals surface area contributed by atoms with Gasteiger partial charge in [0, 0.05) is 42.4 Å². The van der Waals surface area contributed by atoms with Crippen molar-refractivity contribution in [3.8, 4) is 0 Å². The van der Waals surface area contributed by atoms with Crippen LogP contribution in [0.2, 0.25) is 0 Å². The van der Waals surface area contributed by atoms with Gasteiger partial charge in [0.05, 0.1) is 18.8 Å². The van der Waals surface area contributed by atoms with Crippen LogP contribution in [0.3, 0.4) is 0 Å². The van der Waals surface area contributed by atoms with E-state index in [2.05, 4.69) is 57.4 Å². The highest BCUT2D eigenvalue weighted by atomic mass is 16.5. The Labute approximate surface area is 241 Å². The normalized spacial score (nSPS) is 17.0. The van der Waals surface area contributed by atoms with Crippen molar-refractivity contribution in [2.75, 3.05) is 37.8 Å². The van der Waals surface area contributed by atoms with Crippen LogP contribution in [0.1, 0.15) is 47.7 Å². The molecule has 212 valence electrons. The van der Waals surface area contributed by atoms with Crippen molar-refractivity contribution in [3.05, 3.63) is 102 Å². The van der Waals surface area contributed by atoms with Crippen molar-refractivity contribution in [1.29, 1.82) is 0 Å². The van der Waals surface area contributed by atoms with E-state index in [0.29, 0.717) is 25.4 Å². The van der Waals surface area contributed by atoms with Gasteiger partial charge in [0.25, 0.3) is 0 Å². The van der Waals surface area contributed by atoms with Crippen molar-refractivity contribution in [2.45, 2.75) is 44.7 Å². The molecule has 2 fully saturated rings. The van der Waals surface area contributed by atoms with Crippen molar-refractivity contribution >= 4 is 28.5 Å². The van der Waals surface area contributed by atoms with Crippen LogP contribution in [0.25, 0.3) is 10.9 Å². The van der Waals surface area contributed by atoms with E-state index in [1.54, 1.807) is 13.0 Å². The Balaban J connectivity index is 1.14. The monoisotopic (exact) mass is 550 g/mol. The fourth-order valence-corrected chi connectivity index (χ4v) is 6.53. The summed E-state index contributed by atoms with van der Waals surface area (Å²) in [6.45, 7) is 5.96. The maximum atomic E-state index is 14.2. The van der Waals surface area contributed by atoms with E-state index in [4.69, 9.17) is 4.74 Å². The molecule has 7 nitrogen and oxygen atoms in total. The second-order valence-electron chi connectivity index (χ2n) is 11.2. The van der Waals surface area contributed by atoms with Gasteiger partial charge in [-0.2, -0.15) is 0 Å². The SMILES string of the molecule is CCOC(=O)c1cccc(CN2CN(c3ccccc3)C3(CCN(CCCc4c[nH]c5ccccc45)CC3)C2=O)c1. The van der Waals surface area contributed by atoms with E-state index < -0.39 is 5.54 Å². The molecule has 6 rings (SSSR count). The number of nitrogens with zero attached hydrogens (tertiary/aromatic N) is 3. The number of hydrogen-bond acceptors (Lipinski definition) is 5. The van der Waals surface area contributed by atoms with Gasteiger partial charge in [-0.15, -0.1) is 0 Å². The van der Waals surface area contributed by atoms with Crippen LogP contribution in [0.4, 0.5) is 5.69 Å². The van der Waals surface area contributed by atoms with Gasteiger partial charge in [-0.1, -0.05) is 48.5 Å². The first-order valence-electron chi connectivity index (χ1n) is 14.7. The van der Waals surface area contributed by atoms with Crippen molar-refractivity contribution < 1.29 is 14.3 Å². The Kier molecular flexibility index (Phi) is 7.79. The Morgan fingerprint density at radius 2 is 1.76 bits per heavy atom. The molecule has 4 aromatic rings. The average molecular weight is 551 g/mol. The fourth-order valence-electron chi connectivity index (χ4n) is 6.53. The molecule has 41 heavy (non-hydrogen) atoms. The second kappa shape index (κ2) is 11.8. The highest BCUT2D eigenvalue weighted by molar-refractivity contribution is 5.94. The van der Waals surface area contributed by atoms with Crippen LogP contribution in [-0.2, 0) is 22.5 Å². The van der Waals surface area contributed by atoms with Crippen molar-refractivity contribution in [2.24, 2.45) is 0 Å². The molecule has 0 unspecified atom stereocenters. The Hall–Kier alpha value is -4.10. The lowest BCUT2D eigenvalue weighted by atomic mass is 9.85.